The Bertz CT molecular complexity index is 91.1. The molecule has 2 nitrogen and oxygen atoms in total. The van der Waals surface area contributed by atoms with Gasteiger partial charge in [-0.05, 0) is 13.8 Å². The predicted molar refractivity (Wildman–Crippen MR) is 26.0 cm³/mol. The Morgan fingerprint density at radius 3 is 1.10 bits per heavy atom. The van der Waals surface area contributed by atoms with Gasteiger partial charge < -0.3 is 0 Å². The fourth-order valence-corrected chi connectivity index (χ4v) is 0.351. The van der Waals surface area contributed by atoms with Gasteiger partial charge in [0.1, 0.15) is 11.6 Å². The molecule has 0 rings (SSSR count). The summed E-state index contributed by atoms with van der Waals surface area (Å²) in [6, 6.07) is 0. The van der Waals surface area contributed by atoms with E-state index in [1.54, 1.807) is 0 Å². The van der Waals surface area contributed by atoms with Gasteiger partial charge in [-0.1, -0.05) is 0 Å². The van der Waals surface area contributed by atoms with Gasteiger partial charge in [0.25, 0.3) is 0 Å². The molecule has 0 aromatic carbocycles. The number of hydrogen-bond acceptors (Lipinski definition) is 2. The van der Waals surface area contributed by atoms with E-state index in [-0.39, 0.29) is 96.6 Å². The van der Waals surface area contributed by atoms with E-state index >= 15 is 0 Å². The van der Waals surface area contributed by atoms with E-state index < -0.39 is 0 Å². The number of hydrogen-bond donors (Lipinski definition) is 0. The number of carbonyl (C=O) groups excluding carboxylic acids is 2. The summed E-state index contributed by atoms with van der Waals surface area (Å²) in [4.78, 5) is 20.1. The van der Waals surface area contributed by atoms with Crippen molar-refractivity contribution in [3.63, 3.8) is 0 Å². The van der Waals surface area contributed by atoms with Gasteiger partial charge >= 0.3 is 0 Å². The Morgan fingerprint density at radius 1 is 0.900 bits per heavy atom. The van der Waals surface area contributed by atoms with E-state index in [1.807, 2.05) is 0 Å². The van der Waals surface area contributed by atoms with Crippen molar-refractivity contribution in [2.45, 2.75) is 20.3 Å². The van der Waals surface area contributed by atoms with Crippen LogP contribution in [0.2, 0.25) is 0 Å². The first-order chi connectivity index (χ1) is 3.13. The van der Waals surface area contributed by atoms with Gasteiger partial charge in [0.15, 0.2) is 0 Å². The van der Waals surface area contributed by atoms with Crippen molar-refractivity contribution in [3.05, 3.63) is 0 Å². The van der Waals surface area contributed by atoms with Crippen molar-refractivity contribution >= 4 is 11.6 Å². The van der Waals surface area contributed by atoms with Crippen molar-refractivity contribution in [1.82, 2.24) is 0 Å². The van der Waals surface area contributed by atoms with Crippen molar-refractivity contribution in [3.8, 4) is 0 Å². The van der Waals surface area contributed by atoms with Gasteiger partial charge in [0.05, 0.1) is 6.42 Å². The second-order valence-corrected chi connectivity index (χ2v) is 1.58. The summed E-state index contributed by atoms with van der Waals surface area (Å²) < 4.78 is 0. The van der Waals surface area contributed by atoms with Crippen LogP contribution in [0.4, 0.5) is 0 Å². The zero-order valence-electron chi connectivity index (χ0n) is 6.02. The summed E-state index contributed by atoms with van der Waals surface area (Å²) >= 11 is 0. The standard InChI is InChI=1S/C5H8O2.3Zr/c1-4(6)3-5(2)7;;;/h3H2,1-2H3;;;. The normalized spacial score (nSPS) is 5.80. The molecule has 0 saturated carbocycles. The summed E-state index contributed by atoms with van der Waals surface area (Å²) in [5.41, 5.74) is 0. The second-order valence-electron chi connectivity index (χ2n) is 1.58. The van der Waals surface area contributed by atoms with Gasteiger partial charge in [-0.3, -0.25) is 9.59 Å². The Kier molecular flexibility index (Phi) is 30.8. The molecule has 0 N–H and O–H groups in total. The minimum Gasteiger partial charge on any atom is -0.300 e. The van der Waals surface area contributed by atoms with Crippen LogP contribution in [-0.2, 0) is 88.2 Å². The molecule has 0 heterocycles. The van der Waals surface area contributed by atoms with Gasteiger partial charge in [0.2, 0.25) is 0 Å². The van der Waals surface area contributed by atoms with Crippen molar-refractivity contribution in [2.24, 2.45) is 0 Å². The largest absolute Gasteiger partial charge is 0.300 e. The third-order valence-electron chi connectivity index (χ3n) is 0.498. The summed E-state index contributed by atoms with van der Waals surface area (Å²) in [5, 5.41) is 0. The molecular formula is C5H8O2Zr3. The van der Waals surface area contributed by atoms with E-state index in [0.29, 0.717) is 0 Å². The molecule has 0 aliphatic rings. The van der Waals surface area contributed by atoms with Gasteiger partial charge in [-0.15, -0.1) is 0 Å². The smallest absolute Gasteiger partial charge is 0.137 e. The zero-order chi connectivity index (χ0) is 5.86. The number of rotatable bonds is 2. The summed E-state index contributed by atoms with van der Waals surface area (Å²) in [7, 11) is 0. The van der Waals surface area contributed by atoms with Crippen molar-refractivity contribution in [2.75, 3.05) is 0 Å². The Balaban J connectivity index is -0.0000000600. The van der Waals surface area contributed by atoms with Crippen molar-refractivity contribution in [1.29, 1.82) is 0 Å². The van der Waals surface area contributed by atoms with Gasteiger partial charge in [-0.25, -0.2) is 0 Å². The van der Waals surface area contributed by atoms with E-state index in [4.69, 9.17) is 0 Å². The molecule has 0 saturated heterocycles. The molecule has 0 unspecified atom stereocenters. The minimum atomic E-state index is -0.0625. The molecule has 52 valence electrons. The molecule has 10 heavy (non-hydrogen) atoms. The van der Waals surface area contributed by atoms with Crippen LogP contribution in [0, 0.1) is 0 Å². The maximum atomic E-state index is 10.0. The average Bonchev–Trinajstić information content (AvgIpc) is 1.27. The third-order valence-corrected chi connectivity index (χ3v) is 0.498. The molecule has 0 amide bonds. The average molecular weight is 374 g/mol. The fourth-order valence-electron chi connectivity index (χ4n) is 0.351. The second kappa shape index (κ2) is 13.6. The van der Waals surface area contributed by atoms with Crippen LogP contribution < -0.4 is 0 Å². The monoisotopic (exact) mass is 370 g/mol. The molecule has 0 aromatic heterocycles. The molecule has 5 heteroatoms. The first-order valence-electron chi connectivity index (χ1n) is 2.12. The molecule has 0 spiro atoms. The SMILES string of the molecule is CC(=O)CC(C)=O.[Zr].[Zr].[Zr]. The van der Waals surface area contributed by atoms with Gasteiger partial charge in [-0.2, -0.15) is 0 Å². The summed E-state index contributed by atoms with van der Waals surface area (Å²) in [6.45, 7) is 2.81. The first kappa shape index (κ1) is 22.7. The molecule has 0 aliphatic carbocycles. The van der Waals surface area contributed by atoms with E-state index in [9.17, 15) is 9.59 Å². The summed E-state index contributed by atoms with van der Waals surface area (Å²) in [5.74, 6) is -0.125. The molecule has 0 radical (unpaired) electrons. The molecule has 0 aromatic rings. The molecule has 0 aliphatic heterocycles. The maximum absolute atomic E-state index is 10.0. The fraction of sp³-hybridized carbons (Fsp3) is 0.600. The number of carbonyl (C=O) groups is 2. The van der Waals surface area contributed by atoms with Crippen LogP contribution in [-0.4, -0.2) is 11.6 Å². The third kappa shape index (κ3) is 22.5. The van der Waals surface area contributed by atoms with Crippen LogP contribution in [0.1, 0.15) is 20.3 Å². The van der Waals surface area contributed by atoms with Gasteiger partial charge in [0, 0.05) is 78.6 Å². The Labute approximate surface area is 118 Å². The van der Waals surface area contributed by atoms with Crippen LogP contribution >= 0.6 is 0 Å². The Hall–Kier alpha value is 1.99. The zero-order valence-corrected chi connectivity index (χ0v) is 13.4. The maximum Gasteiger partial charge on any atom is 0.137 e. The predicted octanol–water partition coefficient (Wildman–Crippen LogP) is 0.547. The Morgan fingerprint density at radius 2 is 1.10 bits per heavy atom. The minimum absolute atomic E-state index is 0. The van der Waals surface area contributed by atoms with E-state index in [1.165, 1.54) is 13.8 Å². The van der Waals surface area contributed by atoms with Crippen molar-refractivity contribution < 1.29 is 88.2 Å². The molecule has 0 atom stereocenters. The van der Waals surface area contributed by atoms with Crippen LogP contribution in [0.25, 0.3) is 0 Å². The van der Waals surface area contributed by atoms with Crippen LogP contribution in [0.15, 0.2) is 0 Å². The first-order valence-corrected chi connectivity index (χ1v) is 2.12. The molecule has 0 bridgehead atoms. The summed E-state index contributed by atoms with van der Waals surface area (Å²) in [6.07, 6.45) is 0.0833. The topological polar surface area (TPSA) is 34.1 Å². The number of ketones is 2. The quantitative estimate of drug-likeness (QED) is 0.662. The van der Waals surface area contributed by atoms with Crippen LogP contribution in [0.3, 0.4) is 0 Å². The molecular weight excluding hydrogens is 366 g/mol. The van der Waals surface area contributed by atoms with Crippen LogP contribution in [0.5, 0.6) is 0 Å². The molecule has 0 fully saturated rings. The number of Topliss-reactive ketones (excluding diaryl/α,β-unsaturated/α-hetero) is 2. The van der Waals surface area contributed by atoms with E-state index in [2.05, 4.69) is 0 Å². The van der Waals surface area contributed by atoms with E-state index in [0.717, 1.165) is 0 Å².